The fourth-order valence-electron chi connectivity index (χ4n) is 1.89. The molecule has 0 spiro atoms. The predicted molar refractivity (Wildman–Crippen MR) is 73.6 cm³/mol. The fraction of sp³-hybridized carbons (Fsp3) is 0.538. The Morgan fingerprint density at radius 3 is 2.55 bits per heavy atom. The van der Waals surface area contributed by atoms with E-state index < -0.39 is 8.80 Å². The molecule has 2 rings (SSSR count). The molecule has 0 fully saturated rings. The lowest BCUT2D eigenvalue weighted by molar-refractivity contribution is -0.0944. The summed E-state index contributed by atoms with van der Waals surface area (Å²) in [6.45, 7) is 2.37. The second kappa shape index (κ2) is 6.55. The lowest BCUT2D eigenvalue weighted by Gasteiger charge is -2.26. The standard InChI is InChI=1S/C13H20O6Si/c1-10-17-8-11-7-12(5-6-13(11)19-10)18-9-20(14-2,15-3)16-4/h5-7,10H,8-9H2,1-4H3. The van der Waals surface area contributed by atoms with E-state index in [2.05, 4.69) is 0 Å². The predicted octanol–water partition coefficient (Wildman–Crippen LogP) is 1.74. The monoisotopic (exact) mass is 300 g/mol. The Hall–Kier alpha value is -1.12. The summed E-state index contributed by atoms with van der Waals surface area (Å²) < 4.78 is 32.6. The molecule has 112 valence electrons. The van der Waals surface area contributed by atoms with Crippen LogP contribution in [0.15, 0.2) is 18.2 Å². The first-order valence-corrected chi connectivity index (χ1v) is 8.25. The van der Waals surface area contributed by atoms with Gasteiger partial charge in [0.05, 0.1) is 6.61 Å². The molecule has 1 unspecified atom stereocenters. The van der Waals surface area contributed by atoms with Gasteiger partial charge < -0.3 is 27.5 Å². The van der Waals surface area contributed by atoms with Crippen LogP contribution in [0.4, 0.5) is 0 Å². The summed E-state index contributed by atoms with van der Waals surface area (Å²) in [7, 11) is 1.93. The zero-order valence-corrected chi connectivity index (χ0v) is 13.2. The number of fused-ring (bicyclic) bond motifs is 1. The Kier molecular flexibility index (Phi) is 5.00. The maximum atomic E-state index is 5.71. The maximum absolute atomic E-state index is 5.71. The molecule has 0 saturated carbocycles. The van der Waals surface area contributed by atoms with Crippen LogP contribution in [0.25, 0.3) is 0 Å². The van der Waals surface area contributed by atoms with Crippen LogP contribution in [0.3, 0.4) is 0 Å². The van der Waals surface area contributed by atoms with Gasteiger partial charge in [-0.15, -0.1) is 0 Å². The van der Waals surface area contributed by atoms with Gasteiger partial charge in [0, 0.05) is 26.9 Å². The third-order valence-corrected chi connectivity index (χ3v) is 5.51. The fourth-order valence-corrected chi connectivity index (χ4v) is 3.09. The SMILES string of the molecule is CO[Si](COc1ccc2c(c1)COC(C)O2)(OC)OC. The van der Waals surface area contributed by atoms with Crippen molar-refractivity contribution in [1.29, 1.82) is 0 Å². The summed E-state index contributed by atoms with van der Waals surface area (Å²) in [6.07, 6.45) is 0.0257. The zero-order valence-electron chi connectivity index (χ0n) is 12.2. The van der Waals surface area contributed by atoms with Crippen LogP contribution in [0, 0.1) is 0 Å². The third kappa shape index (κ3) is 3.31. The van der Waals surface area contributed by atoms with Crippen molar-refractivity contribution in [2.75, 3.05) is 27.6 Å². The van der Waals surface area contributed by atoms with Crippen LogP contribution in [-0.4, -0.2) is 42.7 Å². The molecule has 1 aliphatic rings. The van der Waals surface area contributed by atoms with Gasteiger partial charge in [0.1, 0.15) is 11.5 Å². The smallest absolute Gasteiger partial charge is 0.489 e. The Balaban J connectivity index is 2.04. The molecule has 0 aromatic heterocycles. The molecule has 1 aromatic rings. The van der Waals surface area contributed by atoms with Gasteiger partial charge in [-0.05, 0) is 25.1 Å². The molecule has 1 heterocycles. The highest BCUT2D eigenvalue weighted by Crippen LogP contribution is 2.29. The highest BCUT2D eigenvalue weighted by atomic mass is 28.4. The molecule has 0 saturated heterocycles. The van der Waals surface area contributed by atoms with E-state index in [0.29, 0.717) is 12.4 Å². The summed E-state index contributed by atoms with van der Waals surface area (Å²) in [6, 6.07) is 5.61. The van der Waals surface area contributed by atoms with Gasteiger partial charge in [-0.2, -0.15) is 0 Å². The van der Waals surface area contributed by atoms with Crippen molar-refractivity contribution in [3.8, 4) is 11.5 Å². The molecule has 0 aliphatic carbocycles. The average Bonchev–Trinajstić information content (AvgIpc) is 2.49. The molecule has 1 aliphatic heterocycles. The van der Waals surface area contributed by atoms with Gasteiger partial charge in [0.2, 0.25) is 0 Å². The molecular formula is C13H20O6Si. The van der Waals surface area contributed by atoms with E-state index in [-0.39, 0.29) is 12.5 Å². The minimum absolute atomic E-state index is 0.218. The molecule has 0 amide bonds. The van der Waals surface area contributed by atoms with E-state index in [0.717, 1.165) is 11.3 Å². The molecule has 0 N–H and O–H groups in total. The minimum Gasteiger partial charge on any atom is -0.489 e. The molecule has 20 heavy (non-hydrogen) atoms. The van der Waals surface area contributed by atoms with Crippen molar-refractivity contribution >= 4 is 8.80 Å². The maximum Gasteiger partial charge on any atom is 0.539 e. The largest absolute Gasteiger partial charge is 0.539 e. The molecule has 1 aromatic carbocycles. The normalized spacial score (nSPS) is 18.3. The second-order valence-electron chi connectivity index (χ2n) is 4.35. The van der Waals surface area contributed by atoms with Crippen molar-refractivity contribution in [2.24, 2.45) is 0 Å². The topological polar surface area (TPSA) is 55.4 Å². The van der Waals surface area contributed by atoms with Crippen molar-refractivity contribution in [1.82, 2.24) is 0 Å². The van der Waals surface area contributed by atoms with E-state index in [1.807, 2.05) is 25.1 Å². The van der Waals surface area contributed by atoms with Crippen molar-refractivity contribution < 1.29 is 27.5 Å². The van der Waals surface area contributed by atoms with Gasteiger partial charge in [0.25, 0.3) is 0 Å². The molecular weight excluding hydrogens is 280 g/mol. The summed E-state index contributed by atoms with van der Waals surface area (Å²) in [4.78, 5) is 0. The van der Waals surface area contributed by atoms with Crippen LogP contribution < -0.4 is 9.47 Å². The molecule has 7 heteroatoms. The Morgan fingerprint density at radius 2 is 1.90 bits per heavy atom. The van der Waals surface area contributed by atoms with E-state index in [1.54, 1.807) is 21.3 Å². The summed E-state index contributed by atoms with van der Waals surface area (Å²) in [5, 5.41) is 0. The second-order valence-corrected chi connectivity index (χ2v) is 7.23. The van der Waals surface area contributed by atoms with E-state index in [1.165, 1.54) is 0 Å². The van der Waals surface area contributed by atoms with Crippen LogP contribution in [0.2, 0.25) is 0 Å². The van der Waals surface area contributed by atoms with Gasteiger partial charge in [-0.25, -0.2) is 0 Å². The lowest BCUT2D eigenvalue weighted by atomic mass is 10.2. The van der Waals surface area contributed by atoms with Crippen molar-refractivity contribution in [3.63, 3.8) is 0 Å². The number of benzene rings is 1. The third-order valence-electron chi connectivity index (χ3n) is 3.15. The van der Waals surface area contributed by atoms with Gasteiger partial charge in [0.15, 0.2) is 12.5 Å². The van der Waals surface area contributed by atoms with E-state index in [9.17, 15) is 0 Å². The van der Waals surface area contributed by atoms with E-state index >= 15 is 0 Å². The molecule has 1 atom stereocenters. The van der Waals surface area contributed by atoms with Crippen molar-refractivity contribution in [3.05, 3.63) is 23.8 Å². The number of hydrogen-bond donors (Lipinski definition) is 0. The molecule has 0 radical (unpaired) electrons. The van der Waals surface area contributed by atoms with Crippen molar-refractivity contribution in [2.45, 2.75) is 19.8 Å². The highest BCUT2D eigenvalue weighted by Gasteiger charge is 2.39. The quantitative estimate of drug-likeness (QED) is 0.746. The number of rotatable bonds is 6. The zero-order chi connectivity index (χ0) is 14.6. The Labute approximate surface area is 119 Å². The molecule has 0 bridgehead atoms. The average molecular weight is 300 g/mol. The van der Waals surface area contributed by atoms with Crippen LogP contribution in [0.1, 0.15) is 12.5 Å². The van der Waals surface area contributed by atoms with Gasteiger partial charge >= 0.3 is 8.80 Å². The Bertz CT molecular complexity index is 440. The minimum atomic E-state index is -2.73. The van der Waals surface area contributed by atoms with Gasteiger partial charge in [-0.3, -0.25) is 0 Å². The summed E-state index contributed by atoms with van der Waals surface area (Å²) in [5.74, 6) is 1.53. The summed E-state index contributed by atoms with van der Waals surface area (Å²) >= 11 is 0. The first-order valence-electron chi connectivity index (χ1n) is 6.32. The van der Waals surface area contributed by atoms with Crippen LogP contribution in [0.5, 0.6) is 11.5 Å². The van der Waals surface area contributed by atoms with E-state index in [4.69, 9.17) is 27.5 Å². The number of ether oxygens (including phenoxy) is 3. The van der Waals surface area contributed by atoms with Gasteiger partial charge in [-0.1, -0.05) is 0 Å². The molecule has 6 nitrogen and oxygen atoms in total. The number of hydrogen-bond acceptors (Lipinski definition) is 6. The summed E-state index contributed by atoms with van der Waals surface area (Å²) in [5.41, 5.74) is 0.958. The first kappa shape index (κ1) is 15.3. The lowest BCUT2D eigenvalue weighted by Crippen LogP contribution is -2.49. The van der Waals surface area contributed by atoms with Crippen LogP contribution >= 0.6 is 0 Å². The van der Waals surface area contributed by atoms with Crippen LogP contribution in [-0.2, 0) is 24.6 Å². The first-order chi connectivity index (χ1) is 9.62. The Morgan fingerprint density at radius 1 is 1.20 bits per heavy atom. The highest BCUT2D eigenvalue weighted by molar-refractivity contribution is 6.60.